The highest BCUT2D eigenvalue weighted by Crippen LogP contribution is 2.21. The summed E-state index contributed by atoms with van der Waals surface area (Å²) in [6.45, 7) is 1.68. The highest BCUT2D eigenvalue weighted by atomic mass is 16.5. The quantitative estimate of drug-likeness (QED) is 0.838. The molecule has 0 radical (unpaired) electrons. The molecule has 0 aromatic heterocycles. The molecule has 2 aromatic rings. The number of rotatable bonds is 6. The molecule has 0 spiro atoms. The maximum absolute atomic E-state index is 12.2. The second-order valence-electron chi connectivity index (χ2n) is 6.20. The summed E-state index contributed by atoms with van der Waals surface area (Å²) in [4.78, 5) is 24.1. The lowest BCUT2D eigenvalue weighted by Gasteiger charge is -2.26. The molecule has 2 aromatic carbocycles. The Balaban J connectivity index is 1.46. The molecule has 1 fully saturated rings. The van der Waals surface area contributed by atoms with Crippen LogP contribution in [0.2, 0.25) is 0 Å². The Kier molecular flexibility index (Phi) is 6.22. The molecule has 2 N–H and O–H groups in total. The van der Waals surface area contributed by atoms with Gasteiger partial charge in [0, 0.05) is 18.7 Å². The Morgan fingerprint density at radius 2 is 1.54 bits per heavy atom. The van der Waals surface area contributed by atoms with Gasteiger partial charge < -0.3 is 10.1 Å². The molecule has 0 saturated carbocycles. The van der Waals surface area contributed by atoms with Crippen molar-refractivity contribution < 1.29 is 14.3 Å². The van der Waals surface area contributed by atoms with Crippen LogP contribution in [0.5, 0.6) is 11.5 Å². The molecule has 6 nitrogen and oxygen atoms in total. The van der Waals surface area contributed by atoms with E-state index in [1.807, 2.05) is 35.3 Å². The summed E-state index contributed by atoms with van der Waals surface area (Å²) in [5.74, 6) is 0.893. The molecule has 1 heterocycles. The van der Waals surface area contributed by atoms with Gasteiger partial charge in [0.2, 0.25) is 0 Å². The van der Waals surface area contributed by atoms with E-state index < -0.39 is 0 Å². The van der Waals surface area contributed by atoms with E-state index in [9.17, 15) is 9.59 Å². The topological polar surface area (TPSA) is 70.7 Å². The van der Waals surface area contributed by atoms with Gasteiger partial charge >= 0.3 is 0 Å². The molecular formula is C20H23N3O3. The molecule has 0 atom stereocenters. The van der Waals surface area contributed by atoms with Crippen LogP contribution in [0.15, 0.2) is 54.6 Å². The number of carbonyl (C=O) groups excluding carboxylic acids is 2. The SMILES string of the molecule is O=C(CNC(=O)c1ccc(Oc2ccccc2)cc1)NN1CCCCC1. The summed E-state index contributed by atoms with van der Waals surface area (Å²) in [6, 6.07) is 16.3. The van der Waals surface area contributed by atoms with E-state index in [0.29, 0.717) is 11.3 Å². The zero-order valence-corrected chi connectivity index (χ0v) is 14.6. The monoisotopic (exact) mass is 353 g/mol. The number of hydrogen-bond acceptors (Lipinski definition) is 4. The Morgan fingerprint density at radius 1 is 0.885 bits per heavy atom. The van der Waals surface area contributed by atoms with E-state index in [-0.39, 0.29) is 18.4 Å². The second kappa shape index (κ2) is 9.01. The first-order valence-corrected chi connectivity index (χ1v) is 8.86. The largest absolute Gasteiger partial charge is 0.457 e. The lowest BCUT2D eigenvalue weighted by molar-refractivity contribution is -0.125. The fourth-order valence-corrected chi connectivity index (χ4v) is 2.78. The molecule has 0 unspecified atom stereocenters. The Labute approximate surface area is 153 Å². The van der Waals surface area contributed by atoms with Crippen LogP contribution in [-0.2, 0) is 4.79 Å². The summed E-state index contributed by atoms with van der Waals surface area (Å²) < 4.78 is 5.69. The molecule has 0 aliphatic carbocycles. The van der Waals surface area contributed by atoms with Crippen LogP contribution >= 0.6 is 0 Å². The summed E-state index contributed by atoms with van der Waals surface area (Å²) in [5.41, 5.74) is 3.30. The van der Waals surface area contributed by atoms with E-state index in [2.05, 4.69) is 10.7 Å². The van der Waals surface area contributed by atoms with Crippen molar-refractivity contribution in [3.63, 3.8) is 0 Å². The van der Waals surface area contributed by atoms with Crippen LogP contribution in [0.3, 0.4) is 0 Å². The lowest BCUT2D eigenvalue weighted by Crippen LogP contribution is -2.48. The standard InChI is InChI=1S/C20H23N3O3/c24-19(22-23-13-5-2-6-14-23)15-21-20(25)16-9-11-18(12-10-16)26-17-7-3-1-4-8-17/h1,3-4,7-12H,2,5-6,13-15H2,(H,21,25)(H,22,24). The van der Waals surface area contributed by atoms with E-state index in [4.69, 9.17) is 4.74 Å². The molecule has 6 heteroatoms. The number of ether oxygens (including phenoxy) is 1. The van der Waals surface area contributed by atoms with Gasteiger partial charge in [0.1, 0.15) is 11.5 Å². The van der Waals surface area contributed by atoms with Gasteiger partial charge in [-0.15, -0.1) is 0 Å². The predicted molar refractivity (Wildman–Crippen MR) is 98.9 cm³/mol. The normalized spacial score (nSPS) is 14.5. The van der Waals surface area contributed by atoms with E-state index in [1.54, 1.807) is 24.3 Å². The van der Waals surface area contributed by atoms with Crippen LogP contribution in [0.4, 0.5) is 0 Å². The van der Waals surface area contributed by atoms with Crippen LogP contribution < -0.4 is 15.5 Å². The number of nitrogens with one attached hydrogen (secondary N) is 2. The van der Waals surface area contributed by atoms with Crippen molar-refractivity contribution in [2.24, 2.45) is 0 Å². The number of hydrazine groups is 1. The number of amides is 2. The summed E-state index contributed by atoms with van der Waals surface area (Å²) in [5, 5.41) is 4.55. The Bertz CT molecular complexity index is 726. The van der Waals surface area contributed by atoms with Crippen molar-refractivity contribution >= 4 is 11.8 Å². The summed E-state index contributed by atoms with van der Waals surface area (Å²) >= 11 is 0. The predicted octanol–water partition coefficient (Wildman–Crippen LogP) is 2.73. The Hall–Kier alpha value is -2.86. The van der Waals surface area contributed by atoms with Gasteiger partial charge in [0.05, 0.1) is 6.54 Å². The third-order valence-corrected chi connectivity index (χ3v) is 4.14. The van der Waals surface area contributed by atoms with Crippen molar-refractivity contribution in [3.05, 3.63) is 60.2 Å². The number of carbonyl (C=O) groups is 2. The van der Waals surface area contributed by atoms with Crippen molar-refractivity contribution in [1.82, 2.24) is 15.8 Å². The first-order valence-electron chi connectivity index (χ1n) is 8.86. The highest BCUT2D eigenvalue weighted by Gasteiger charge is 2.13. The zero-order valence-electron chi connectivity index (χ0n) is 14.6. The van der Waals surface area contributed by atoms with Gasteiger partial charge in [-0.3, -0.25) is 15.0 Å². The van der Waals surface area contributed by atoms with E-state index in [0.717, 1.165) is 31.7 Å². The molecule has 3 rings (SSSR count). The fraction of sp³-hybridized carbons (Fsp3) is 0.300. The number of hydrogen-bond donors (Lipinski definition) is 2. The van der Waals surface area contributed by atoms with E-state index >= 15 is 0 Å². The van der Waals surface area contributed by atoms with Gasteiger partial charge in [0.25, 0.3) is 11.8 Å². The number of para-hydroxylation sites is 1. The first kappa shape index (κ1) is 17.9. The minimum atomic E-state index is -0.287. The second-order valence-corrected chi connectivity index (χ2v) is 6.20. The molecule has 136 valence electrons. The highest BCUT2D eigenvalue weighted by molar-refractivity contribution is 5.96. The van der Waals surface area contributed by atoms with Crippen molar-refractivity contribution in [1.29, 1.82) is 0 Å². The van der Waals surface area contributed by atoms with Gasteiger partial charge in [0.15, 0.2) is 0 Å². The molecular weight excluding hydrogens is 330 g/mol. The Morgan fingerprint density at radius 3 is 2.23 bits per heavy atom. The third-order valence-electron chi connectivity index (χ3n) is 4.14. The van der Waals surface area contributed by atoms with Gasteiger partial charge in [-0.05, 0) is 49.2 Å². The van der Waals surface area contributed by atoms with Crippen LogP contribution in [-0.4, -0.2) is 36.5 Å². The van der Waals surface area contributed by atoms with Crippen LogP contribution in [0.1, 0.15) is 29.6 Å². The maximum Gasteiger partial charge on any atom is 0.253 e. The molecule has 1 aliphatic heterocycles. The third kappa shape index (κ3) is 5.32. The maximum atomic E-state index is 12.2. The fourth-order valence-electron chi connectivity index (χ4n) is 2.78. The van der Waals surface area contributed by atoms with Crippen molar-refractivity contribution in [2.45, 2.75) is 19.3 Å². The molecule has 1 saturated heterocycles. The van der Waals surface area contributed by atoms with Gasteiger partial charge in [-0.2, -0.15) is 0 Å². The number of benzene rings is 2. The zero-order chi connectivity index (χ0) is 18.2. The van der Waals surface area contributed by atoms with Gasteiger partial charge in [-0.25, -0.2) is 5.01 Å². The van der Waals surface area contributed by atoms with Crippen LogP contribution in [0, 0.1) is 0 Å². The molecule has 1 aliphatic rings. The van der Waals surface area contributed by atoms with Gasteiger partial charge in [-0.1, -0.05) is 24.6 Å². The smallest absolute Gasteiger partial charge is 0.253 e. The van der Waals surface area contributed by atoms with Crippen molar-refractivity contribution in [3.8, 4) is 11.5 Å². The summed E-state index contributed by atoms with van der Waals surface area (Å²) in [7, 11) is 0. The van der Waals surface area contributed by atoms with E-state index in [1.165, 1.54) is 6.42 Å². The first-order chi connectivity index (χ1) is 12.7. The lowest BCUT2D eigenvalue weighted by atomic mass is 10.2. The van der Waals surface area contributed by atoms with Crippen LogP contribution in [0.25, 0.3) is 0 Å². The summed E-state index contributed by atoms with van der Waals surface area (Å²) in [6.07, 6.45) is 3.38. The molecule has 26 heavy (non-hydrogen) atoms. The number of piperidine rings is 1. The van der Waals surface area contributed by atoms with Crippen molar-refractivity contribution in [2.75, 3.05) is 19.6 Å². The molecule has 2 amide bonds. The number of nitrogens with zero attached hydrogens (tertiary/aromatic N) is 1. The minimum Gasteiger partial charge on any atom is -0.457 e. The average Bonchev–Trinajstić information content (AvgIpc) is 2.68. The minimum absolute atomic E-state index is 0.0440. The average molecular weight is 353 g/mol. The molecule has 0 bridgehead atoms.